The van der Waals surface area contributed by atoms with Crippen LogP contribution >= 0.6 is 0 Å². The van der Waals surface area contributed by atoms with Gasteiger partial charge in [-0.15, -0.1) is 0 Å². The molecule has 3 heteroatoms. The SMILES string of the molecule is CCCCCCCCNC(=O)C1(CN)CC1. The van der Waals surface area contributed by atoms with Crippen LogP contribution < -0.4 is 11.1 Å². The van der Waals surface area contributed by atoms with E-state index >= 15 is 0 Å². The van der Waals surface area contributed by atoms with E-state index in [0.717, 1.165) is 25.8 Å². The second kappa shape index (κ2) is 6.89. The lowest BCUT2D eigenvalue weighted by atomic mass is 10.1. The zero-order chi connectivity index (χ0) is 11.9. The van der Waals surface area contributed by atoms with Gasteiger partial charge in [-0.3, -0.25) is 4.79 Å². The third-order valence-corrected chi connectivity index (χ3v) is 3.54. The fraction of sp³-hybridized carbons (Fsp3) is 0.923. The van der Waals surface area contributed by atoms with Crippen LogP contribution in [0.15, 0.2) is 0 Å². The van der Waals surface area contributed by atoms with E-state index in [1.807, 2.05) is 0 Å². The van der Waals surface area contributed by atoms with Gasteiger partial charge in [0.15, 0.2) is 0 Å². The molecule has 1 rings (SSSR count). The van der Waals surface area contributed by atoms with E-state index in [0.29, 0.717) is 6.54 Å². The molecule has 0 aromatic heterocycles. The lowest BCUT2D eigenvalue weighted by molar-refractivity contribution is -0.125. The minimum absolute atomic E-state index is 0.178. The molecule has 3 nitrogen and oxygen atoms in total. The molecule has 1 fully saturated rings. The molecule has 94 valence electrons. The van der Waals surface area contributed by atoms with Gasteiger partial charge in [-0.05, 0) is 19.3 Å². The molecule has 0 atom stereocenters. The number of carbonyl (C=O) groups excluding carboxylic acids is 1. The van der Waals surface area contributed by atoms with E-state index in [1.165, 1.54) is 32.1 Å². The Morgan fingerprint density at radius 3 is 2.38 bits per heavy atom. The van der Waals surface area contributed by atoms with Gasteiger partial charge in [0.25, 0.3) is 0 Å². The summed E-state index contributed by atoms with van der Waals surface area (Å²) in [5.41, 5.74) is 5.42. The molecule has 0 saturated heterocycles. The second-order valence-electron chi connectivity index (χ2n) is 5.01. The van der Waals surface area contributed by atoms with Crippen LogP contribution in [0.4, 0.5) is 0 Å². The Morgan fingerprint density at radius 1 is 1.19 bits per heavy atom. The van der Waals surface area contributed by atoms with Crippen LogP contribution in [0, 0.1) is 5.41 Å². The highest BCUT2D eigenvalue weighted by Gasteiger charge is 2.48. The zero-order valence-corrected chi connectivity index (χ0v) is 10.6. The first-order chi connectivity index (χ1) is 7.75. The summed E-state index contributed by atoms with van der Waals surface area (Å²) in [7, 11) is 0. The first kappa shape index (κ1) is 13.5. The molecule has 1 saturated carbocycles. The molecule has 0 heterocycles. The van der Waals surface area contributed by atoms with Crippen molar-refractivity contribution in [2.75, 3.05) is 13.1 Å². The molecule has 1 aliphatic carbocycles. The molecule has 0 aromatic carbocycles. The molecule has 16 heavy (non-hydrogen) atoms. The van der Waals surface area contributed by atoms with Gasteiger partial charge < -0.3 is 11.1 Å². The van der Waals surface area contributed by atoms with Gasteiger partial charge in [0, 0.05) is 13.1 Å². The standard InChI is InChI=1S/C13H26N2O/c1-2-3-4-5-6-7-10-15-12(16)13(11-14)8-9-13/h2-11,14H2,1H3,(H,15,16). The Balaban J connectivity index is 1.93. The van der Waals surface area contributed by atoms with E-state index in [1.54, 1.807) is 0 Å². The summed E-state index contributed by atoms with van der Waals surface area (Å²) in [6.45, 7) is 3.56. The van der Waals surface area contributed by atoms with Crippen LogP contribution in [-0.2, 0) is 4.79 Å². The summed E-state index contributed by atoms with van der Waals surface area (Å²) >= 11 is 0. The summed E-state index contributed by atoms with van der Waals surface area (Å²) in [6.07, 6.45) is 9.55. The quantitative estimate of drug-likeness (QED) is 0.592. The number of hydrogen-bond acceptors (Lipinski definition) is 2. The summed E-state index contributed by atoms with van der Waals surface area (Å²) in [4.78, 5) is 11.7. The van der Waals surface area contributed by atoms with E-state index in [9.17, 15) is 4.79 Å². The zero-order valence-electron chi connectivity index (χ0n) is 10.6. The number of carbonyl (C=O) groups is 1. The van der Waals surface area contributed by atoms with Crippen molar-refractivity contribution in [2.45, 2.75) is 58.3 Å². The predicted octanol–water partition coefficient (Wildman–Crippen LogP) is 2.20. The Kier molecular flexibility index (Phi) is 5.81. The molecule has 0 aromatic rings. The van der Waals surface area contributed by atoms with Crippen LogP contribution in [-0.4, -0.2) is 19.0 Å². The molecule has 0 unspecified atom stereocenters. The van der Waals surface area contributed by atoms with Crippen molar-refractivity contribution >= 4 is 5.91 Å². The van der Waals surface area contributed by atoms with Crippen molar-refractivity contribution < 1.29 is 4.79 Å². The topological polar surface area (TPSA) is 55.1 Å². The lowest BCUT2D eigenvalue weighted by Gasteiger charge is -2.12. The average molecular weight is 226 g/mol. The number of nitrogens with one attached hydrogen (secondary N) is 1. The van der Waals surface area contributed by atoms with Crippen molar-refractivity contribution in [3.63, 3.8) is 0 Å². The highest BCUT2D eigenvalue weighted by Crippen LogP contribution is 2.44. The number of unbranched alkanes of at least 4 members (excludes halogenated alkanes) is 5. The Labute approximate surface area is 99.2 Å². The summed E-state index contributed by atoms with van der Waals surface area (Å²) in [5, 5.41) is 3.01. The first-order valence-electron chi connectivity index (χ1n) is 6.73. The van der Waals surface area contributed by atoms with Crippen molar-refractivity contribution in [3.05, 3.63) is 0 Å². The molecule has 3 N–H and O–H groups in total. The highest BCUT2D eigenvalue weighted by molar-refractivity contribution is 5.85. The van der Waals surface area contributed by atoms with Gasteiger partial charge in [0.1, 0.15) is 0 Å². The minimum Gasteiger partial charge on any atom is -0.356 e. The van der Waals surface area contributed by atoms with Crippen LogP contribution in [0.25, 0.3) is 0 Å². The summed E-state index contributed by atoms with van der Waals surface area (Å²) in [6, 6.07) is 0. The second-order valence-corrected chi connectivity index (χ2v) is 5.01. The number of nitrogens with two attached hydrogens (primary N) is 1. The van der Waals surface area contributed by atoms with Gasteiger partial charge in [-0.25, -0.2) is 0 Å². The van der Waals surface area contributed by atoms with Gasteiger partial charge in [-0.2, -0.15) is 0 Å². The molecule has 0 spiro atoms. The molecular formula is C13H26N2O. The maximum Gasteiger partial charge on any atom is 0.227 e. The fourth-order valence-electron chi connectivity index (χ4n) is 1.97. The molecule has 0 bridgehead atoms. The fourth-order valence-corrected chi connectivity index (χ4v) is 1.97. The maximum atomic E-state index is 11.7. The summed E-state index contributed by atoms with van der Waals surface area (Å²) < 4.78 is 0. The molecule has 1 aliphatic rings. The van der Waals surface area contributed by atoms with Crippen molar-refractivity contribution in [1.29, 1.82) is 0 Å². The smallest absolute Gasteiger partial charge is 0.227 e. The van der Waals surface area contributed by atoms with Crippen molar-refractivity contribution in [2.24, 2.45) is 11.1 Å². The van der Waals surface area contributed by atoms with Crippen LogP contribution in [0.3, 0.4) is 0 Å². The van der Waals surface area contributed by atoms with Gasteiger partial charge in [-0.1, -0.05) is 39.0 Å². The third-order valence-electron chi connectivity index (χ3n) is 3.54. The lowest BCUT2D eigenvalue weighted by Crippen LogP contribution is -2.37. The molecule has 1 amide bonds. The normalized spacial score (nSPS) is 17.1. The average Bonchev–Trinajstić information content (AvgIpc) is 3.08. The van der Waals surface area contributed by atoms with Crippen molar-refractivity contribution in [3.8, 4) is 0 Å². The molecular weight excluding hydrogens is 200 g/mol. The predicted molar refractivity (Wildman–Crippen MR) is 67.1 cm³/mol. The summed E-state index contributed by atoms with van der Waals surface area (Å²) in [5.74, 6) is 0.184. The monoisotopic (exact) mass is 226 g/mol. The Morgan fingerprint density at radius 2 is 1.81 bits per heavy atom. The molecule has 0 radical (unpaired) electrons. The Hall–Kier alpha value is -0.570. The highest BCUT2D eigenvalue weighted by atomic mass is 16.2. The number of amides is 1. The number of rotatable bonds is 9. The van der Waals surface area contributed by atoms with Gasteiger partial charge >= 0.3 is 0 Å². The van der Waals surface area contributed by atoms with Gasteiger partial charge in [0.2, 0.25) is 5.91 Å². The largest absolute Gasteiger partial charge is 0.356 e. The van der Waals surface area contributed by atoms with Crippen molar-refractivity contribution in [1.82, 2.24) is 5.32 Å². The third kappa shape index (κ3) is 4.12. The number of hydrogen-bond donors (Lipinski definition) is 2. The van der Waals surface area contributed by atoms with Crippen LogP contribution in [0.5, 0.6) is 0 Å². The van der Waals surface area contributed by atoms with Crippen LogP contribution in [0.2, 0.25) is 0 Å². The first-order valence-corrected chi connectivity index (χ1v) is 6.73. The van der Waals surface area contributed by atoms with Gasteiger partial charge in [0.05, 0.1) is 5.41 Å². The molecule has 0 aliphatic heterocycles. The van der Waals surface area contributed by atoms with E-state index < -0.39 is 0 Å². The van der Waals surface area contributed by atoms with E-state index in [4.69, 9.17) is 5.73 Å². The van der Waals surface area contributed by atoms with E-state index in [-0.39, 0.29) is 11.3 Å². The Bertz CT molecular complexity index is 212. The van der Waals surface area contributed by atoms with Crippen LogP contribution in [0.1, 0.15) is 58.3 Å². The maximum absolute atomic E-state index is 11.7. The minimum atomic E-state index is -0.178. The van der Waals surface area contributed by atoms with E-state index in [2.05, 4.69) is 12.2 Å².